The Balaban J connectivity index is 2.25. The van der Waals surface area contributed by atoms with Gasteiger partial charge in [0.05, 0.1) is 0 Å². The van der Waals surface area contributed by atoms with E-state index in [4.69, 9.17) is 0 Å². The Morgan fingerprint density at radius 3 is 2.82 bits per heavy atom. The lowest BCUT2D eigenvalue weighted by Gasteiger charge is -2.42. The minimum absolute atomic E-state index is 0.258. The van der Waals surface area contributed by atoms with Crippen LogP contribution in [0.15, 0.2) is 18.2 Å². The lowest BCUT2D eigenvalue weighted by Crippen LogP contribution is -2.58. The van der Waals surface area contributed by atoms with Crippen molar-refractivity contribution in [2.24, 2.45) is 0 Å². The van der Waals surface area contributed by atoms with E-state index in [2.05, 4.69) is 56.1 Å². The molecule has 1 aromatic rings. The van der Waals surface area contributed by atoms with Crippen molar-refractivity contribution >= 4 is 5.69 Å². The summed E-state index contributed by atoms with van der Waals surface area (Å²) in [4.78, 5) is 2.53. The molecule has 1 unspecified atom stereocenters. The molecule has 1 N–H and O–H groups in total. The minimum atomic E-state index is 0.258. The second-order valence-electron chi connectivity index (χ2n) is 5.48. The first-order valence-electron chi connectivity index (χ1n) is 6.62. The van der Waals surface area contributed by atoms with Gasteiger partial charge in [-0.05, 0) is 44.4 Å². The van der Waals surface area contributed by atoms with Crippen LogP contribution in [0.3, 0.4) is 0 Å². The second-order valence-corrected chi connectivity index (χ2v) is 5.48. The topological polar surface area (TPSA) is 15.3 Å². The highest BCUT2D eigenvalue weighted by atomic mass is 15.2. The van der Waals surface area contributed by atoms with E-state index >= 15 is 0 Å². The Morgan fingerprint density at radius 1 is 1.35 bits per heavy atom. The Hall–Kier alpha value is -1.02. The third-order valence-corrected chi connectivity index (χ3v) is 4.17. The molecule has 94 valence electrons. The van der Waals surface area contributed by atoms with Gasteiger partial charge >= 0.3 is 0 Å². The van der Waals surface area contributed by atoms with Crippen LogP contribution in [0, 0.1) is 13.8 Å². The van der Waals surface area contributed by atoms with Gasteiger partial charge in [-0.1, -0.05) is 19.1 Å². The maximum absolute atomic E-state index is 3.64. The van der Waals surface area contributed by atoms with E-state index in [1.807, 2.05) is 0 Å². The molecule has 0 amide bonds. The van der Waals surface area contributed by atoms with Crippen LogP contribution in [-0.2, 0) is 0 Å². The Kier molecular flexibility index (Phi) is 3.43. The highest BCUT2D eigenvalue weighted by Gasteiger charge is 2.29. The van der Waals surface area contributed by atoms with E-state index in [1.54, 1.807) is 0 Å². The standard InChI is InChI=1S/C15H24N2/c1-5-15(4)11-17(10-9-16-15)14-8-6-7-12(2)13(14)3/h6-8,16H,5,9-11H2,1-4H3. The monoisotopic (exact) mass is 232 g/mol. The van der Waals surface area contributed by atoms with E-state index in [0.29, 0.717) is 0 Å². The summed E-state index contributed by atoms with van der Waals surface area (Å²) in [6, 6.07) is 6.62. The van der Waals surface area contributed by atoms with E-state index < -0.39 is 0 Å². The van der Waals surface area contributed by atoms with Crippen molar-refractivity contribution in [3.8, 4) is 0 Å². The zero-order valence-electron chi connectivity index (χ0n) is 11.5. The molecule has 2 heteroatoms. The summed E-state index contributed by atoms with van der Waals surface area (Å²) in [5, 5.41) is 3.64. The average molecular weight is 232 g/mol. The summed E-state index contributed by atoms with van der Waals surface area (Å²) in [6.07, 6.45) is 1.17. The summed E-state index contributed by atoms with van der Waals surface area (Å²) >= 11 is 0. The molecule has 1 aliphatic heterocycles. The first-order chi connectivity index (χ1) is 8.06. The number of nitrogens with zero attached hydrogens (tertiary/aromatic N) is 1. The molecule has 1 atom stereocenters. The molecule has 1 fully saturated rings. The second kappa shape index (κ2) is 4.69. The molecule has 0 saturated carbocycles. The van der Waals surface area contributed by atoms with Crippen LogP contribution < -0.4 is 10.2 Å². The Morgan fingerprint density at radius 2 is 2.12 bits per heavy atom. The summed E-state index contributed by atoms with van der Waals surface area (Å²) in [5.74, 6) is 0. The number of benzene rings is 1. The van der Waals surface area contributed by atoms with Gasteiger partial charge in [0, 0.05) is 30.9 Å². The Bertz CT molecular complexity index is 400. The fraction of sp³-hybridized carbons (Fsp3) is 0.600. The molecule has 1 aromatic carbocycles. The highest BCUT2D eigenvalue weighted by Crippen LogP contribution is 2.26. The van der Waals surface area contributed by atoms with Crippen molar-refractivity contribution < 1.29 is 0 Å². The lowest BCUT2D eigenvalue weighted by molar-refractivity contribution is 0.314. The number of anilines is 1. The molecule has 0 aliphatic carbocycles. The number of nitrogens with one attached hydrogen (secondary N) is 1. The van der Waals surface area contributed by atoms with Crippen molar-refractivity contribution in [2.75, 3.05) is 24.5 Å². The lowest BCUT2D eigenvalue weighted by atomic mass is 9.94. The minimum Gasteiger partial charge on any atom is -0.368 e. The van der Waals surface area contributed by atoms with Crippen molar-refractivity contribution in [1.29, 1.82) is 0 Å². The van der Waals surface area contributed by atoms with E-state index in [1.165, 1.54) is 23.2 Å². The highest BCUT2D eigenvalue weighted by molar-refractivity contribution is 5.56. The van der Waals surface area contributed by atoms with Crippen molar-refractivity contribution in [3.05, 3.63) is 29.3 Å². The number of aryl methyl sites for hydroxylation is 1. The van der Waals surface area contributed by atoms with Crippen LogP contribution in [0.25, 0.3) is 0 Å². The first kappa shape index (κ1) is 12.4. The molecular formula is C15H24N2. The predicted octanol–water partition coefficient (Wildman–Crippen LogP) is 2.88. The molecule has 1 heterocycles. The number of hydrogen-bond donors (Lipinski definition) is 1. The number of hydrogen-bond acceptors (Lipinski definition) is 2. The third-order valence-electron chi connectivity index (χ3n) is 4.17. The number of piperazine rings is 1. The molecule has 17 heavy (non-hydrogen) atoms. The molecular weight excluding hydrogens is 208 g/mol. The van der Waals surface area contributed by atoms with Crippen LogP contribution in [0.5, 0.6) is 0 Å². The summed E-state index contributed by atoms with van der Waals surface area (Å²) in [5.41, 5.74) is 4.48. The zero-order valence-corrected chi connectivity index (χ0v) is 11.5. The summed E-state index contributed by atoms with van der Waals surface area (Å²) < 4.78 is 0. The fourth-order valence-corrected chi connectivity index (χ4v) is 2.57. The van der Waals surface area contributed by atoms with E-state index in [0.717, 1.165) is 19.6 Å². The molecule has 1 saturated heterocycles. The number of rotatable bonds is 2. The van der Waals surface area contributed by atoms with Gasteiger partial charge in [0.15, 0.2) is 0 Å². The maximum Gasteiger partial charge on any atom is 0.0399 e. The van der Waals surface area contributed by atoms with Crippen LogP contribution in [0.1, 0.15) is 31.4 Å². The van der Waals surface area contributed by atoms with Gasteiger partial charge in [-0.15, -0.1) is 0 Å². The van der Waals surface area contributed by atoms with Crippen molar-refractivity contribution in [2.45, 2.75) is 39.7 Å². The normalized spacial score (nSPS) is 25.1. The van der Waals surface area contributed by atoms with E-state index in [9.17, 15) is 0 Å². The molecule has 1 aliphatic rings. The molecule has 2 nitrogen and oxygen atoms in total. The van der Waals surface area contributed by atoms with Crippen LogP contribution in [0.4, 0.5) is 5.69 Å². The first-order valence-corrected chi connectivity index (χ1v) is 6.62. The summed E-state index contributed by atoms with van der Waals surface area (Å²) in [7, 11) is 0. The maximum atomic E-state index is 3.64. The quantitative estimate of drug-likeness (QED) is 0.843. The van der Waals surface area contributed by atoms with Gasteiger partial charge in [-0.25, -0.2) is 0 Å². The van der Waals surface area contributed by atoms with Gasteiger partial charge in [0.1, 0.15) is 0 Å². The SMILES string of the molecule is CCC1(C)CN(c2cccc(C)c2C)CCN1. The average Bonchev–Trinajstić information content (AvgIpc) is 2.33. The van der Waals surface area contributed by atoms with Crippen LogP contribution in [0.2, 0.25) is 0 Å². The largest absolute Gasteiger partial charge is 0.368 e. The van der Waals surface area contributed by atoms with Crippen LogP contribution >= 0.6 is 0 Å². The smallest absolute Gasteiger partial charge is 0.0399 e. The Labute approximate surface area is 105 Å². The molecule has 0 bridgehead atoms. The van der Waals surface area contributed by atoms with Gasteiger partial charge in [0.25, 0.3) is 0 Å². The molecule has 0 aromatic heterocycles. The van der Waals surface area contributed by atoms with Crippen molar-refractivity contribution in [3.63, 3.8) is 0 Å². The fourth-order valence-electron chi connectivity index (χ4n) is 2.57. The van der Waals surface area contributed by atoms with Crippen LogP contribution in [-0.4, -0.2) is 25.2 Å². The van der Waals surface area contributed by atoms with E-state index in [-0.39, 0.29) is 5.54 Å². The van der Waals surface area contributed by atoms with Gasteiger partial charge in [-0.3, -0.25) is 0 Å². The predicted molar refractivity (Wildman–Crippen MR) is 74.8 cm³/mol. The van der Waals surface area contributed by atoms with Gasteiger partial charge in [0.2, 0.25) is 0 Å². The molecule has 0 radical (unpaired) electrons. The molecule has 2 rings (SSSR count). The van der Waals surface area contributed by atoms with Crippen molar-refractivity contribution in [1.82, 2.24) is 5.32 Å². The zero-order chi connectivity index (χ0) is 12.5. The van der Waals surface area contributed by atoms with Gasteiger partial charge in [-0.2, -0.15) is 0 Å². The third kappa shape index (κ3) is 2.47. The summed E-state index contributed by atoms with van der Waals surface area (Å²) in [6.45, 7) is 12.3. The van der Waals surface area contributed by atoms with Gasteiger partial charge < -0.3 is 10.2 Å². The molecule has 0 spiro atoms.